The lowest BCUT2D eigenvalue weighted by Crippen LogP contribution is -2.18. The standard InChI is InChI=1S/C23H24N4O/c1-15-25-20(17-9-10-22-21(13-17)24-11-12-28-22)14-23(26-15)27-19-8-4-6-16-5-2-3-7-18(16)19/h2-3,5,7,9-10,13-14,19,24H,4,6,8,11-12H2,1H3,(H,25,26,27). The third-order valence-electron chi connectivity index (χ3n) is 5.48. The average Bonchev–Trinajstić information content (AvgIpc) is 2.73. The van der Waals surface area contributed by atoms with E-state index >= 15 is 0 Å². The zero-order chi connectivity index (χ0) is 18.9. The molecule has 28 heavy (non-hydrogen) atoms. The molecular weight excluding hydrogens is 348 g/mol. The first-order valence-corrected chi connectivity index (χ1v) is 9.97. The molecule has 0 bridgehead atoms. The number of anilines is 2. The number of fused-ring (bicyclic) bond motifs is 2. The number of aryl methyl sites for hydroxylation is 2. The Morgan fingerprint density at radius 1 is 1.11 bits per heavy atom. The van der Waals surface area contributed by atoms with Gasteiger partial charge in [-0.2, -0.15) is 0 Å². The molecule has 0 amide bonds. The van der Waals surface area contributed by atoms with E-state index in [2.05, 4.69) is 63.1 Å². The Labute approximate surface area is 165 Å². The molecule has 0 spiro atoms. The summed E-state index contributed by atoms with van der Waals surface area (Å²) in [7, 11) is 0. The first kappa shape index (κ1) is 17.0. The van der Waals surface area contributed by atoms with E-state index < -0.39 is 0 Å². The Morgan fingerprint density at radius 3 is 3.00 bits per heavy atom. The highest BCUT2D eigenvalue weighted by atomic mass is 16.5. The van der Waals surface area contributed by atoms with Gasteiger partial charge >= 0.3 is 0 Å². The van der Waals surface area contributed by atoms with Crippen molar-refractivity contribution in [1.82, 2.24) is 9.97 Å². The monoisotopic (exact) mass is 372 g/mol. The van der Waals surface area contributed by atoms with Crippen LogP contribution in [0.5, 0.6) is 5.75 Å². The fourth-order valence-corrected chi connectivity index (χ4v) is 4.17. The van der Waals surface area contributed by atoms with Crippen molar-refractivity contribution in [2.75, 3.05) is 23.8 Å². The number of rotatable bonds is 3. The number of ether oxygens (including phenoxy) is 1. The molecule has 1 atom stereocenters. The molecule has 3 aromatic rings. The van der Waals surface area contributed by atoms with Crippen molar-refractivity contribution in [2.45, 2.75) is 32.2 Å². The van der Waals surface area contributed by atoms with Crippen molar-refractivity contribution >= 4 is 11.5 Å². The number of hydrogen-bond acceptors (Lipinski definition) is 5. The molecule has 0 fully saturated rings. The van der Waals surface area contributed by atoms with Crippen LogP contribution in [-0.2, 0) is 6.42 Å². The van der Waals surface area contributed by atoms with Gasteiger partial charge in [0.2, 0.25) is 0 Å². The van der Waals surface area contributed by atoms with E-state index in [0.29, 0.717) is 12.6 Å². The van der Waals surface area contributed by atoms with E-state index in [1.165, 1.54) is 17.5 Å². The number of nitrogens with zero attached hydrogens (tertiary/aromatic N) is 2. The molecule has 0 saturated heterocycles. The van der Waals surface area contributed by atoms with Crippen LogP contribution in [-0.4, -0.2) is 23.1 Å². The lowest BCUT2D eigenvalue weighted by atomic mass is 9.88. The summed E-state index contributed by atoms with van der Waals surface area (Å²) in [6.07, 6.45) is 3.48. The van der Waals surface area contributed by atoms with E-state index in [1.54, 1.807) is 0 Å². The predicted octanol–water partition coefficient (Wildman–Crippen LogP) is 4.75. The van der Waals surface area contributed by atoms with E-state index in [0.717, 1.165) is 53.7 Å². The van der Waals surface area contributed by atoms with Crippen LogP contribution >= 0.6 is 0 Å². The quantitative estimate of drug-likeness (QED) is 0.695. The Morgan fingerprint density at radius 2 is 2.04 bits per heavy atom. The summed E-state index contributed by atoms with van der Waals surface area (Å²) in [5.74, 6) is 2.55. The highest BCUT2D eigenvalue weighted by Crippen LogP contribution is 2.34. The van der Waals surface area contributed by atoms with Gasteiger partial charge in [-0.05, 0) is 55.5 Å². The Bertz CT molecular complexity index is 1020. The van der Waals surface area contributed by atoms with Gasteiger partial charge in [-0.15, -0.1) is 0 Å². The Balaban J connectivity index is 1.46. The van der Waals surface area contributed by atoms with Crippen molar-refractivity contribution in [2.24, 2.45) is 0 Å². The minimum atomic E-state index is 0.297. The number of nitrogens with one attached hydrogen (secondary N) is 2. The van der Waals surface area contributed by atoms with Gasteiger partial charge in [0.05, 0.1) is 17.4 Å². The zero-order valence-corrected chi connectivity index (χ0v) is 16.0. The molecule has 1 aliphatic carbocycles. The van der Waals surface area contributed by atoms with Crippen LogP contribution in [0.4, 0.5) is 11.5 Å². The number of aromatic nitrogens is 2. The van der Waals surface area contributed by atoms with Gasteiger partial charge < -0.3 is 15.4 Å². The largest absolute Gasteiger partial charge is 0.490 e. The molecule has 2 aliphatic rings. The summed E-state index contributed by atoms with van der Waals surface area (Å²) in [6, 6.07) is 17.3. The second-order valence-electron chi connectivity index (χ2n) is 7.46. The molecular formula is C23H24N4O. The van der Waals surface area contributed by atoms with Gasteiger partial charge in [-0.1, -0.05) is 24.3 Å². The van der Waals surface area contributed by atoms with Crippen LogP contribution < -0.4 is 15.4 Å². The first-order valence-electron chi connectivity index (χ1n) is 9.97. The minimum Gasteiger partial charge on any atom is -0.490 e. The molecule has 5 heteroatoms. The SMILES string of the molecule is Cc1nc(NC2CCCc3ccccc32)cc(-c2ccc3c(c2)NCCO3)n1. The van der Waals surface area contributed by atoms with Crippen molar-refractivity contribution in [1.29, 1.82) is 0 Å². The van der Waals surface area contributed by atoms with Crippen LogP contribution in [0, 0.1) is 6.92 Å². The van der Waals surface area contributed by atoms with Gasteiger partial charge in [0.25, 0.3) is 0 Å². The van der Waals surface area contributed by atoms with Crippen LogP contribution in [0.25, 0.3) is 11.3 Å². The predicted molar refractivity (Wildman–Crippen MR) is 112 cm³/mol. The molecule has 1 unspecified atom stereocenters. The summed E-state index contributed by atoms with van der Waals surface area (Å²) in [5, 5.41) is 7.05. The summed E-state index contributed by atoms with van der Waals surface area (Å²) < 4.78 is 5.69. The third-order valence-corrected chi connectivity index (χ3v) is 5.48. The second-order valence-corrected chi connectivity index (χ2v) is 7.46. The molecule has 2 heterocycles. The van der Waals surface area contributed by atoms with Crippen molar-refractivity contribution < 1.29 is 4.74 Å². The van der Waals surface area contributed by atoms with Gasteiger partial charge in [0, 0.05) is 18.2 Å². The van der Waals surface area contributed by atoms with E-state index in [9.17, 15) is 0 Å². The van der Waals surface area contributed by atoms with E-state index in [4.69, 9.17) is 4.74 Å². The molecule has 2 N–H and O–H groups in total. The van der Waals surface area contributed by atoms with Crippen molar-refractivity contribution in [3.05, 3.63) is 65.5 Å². The highest BCUT2D eigenvalue weighted by molar-refractivity contribution is 5.71. The normalized spacial score (nSPS) is 17.7. The topological polar surface area (TPSA) is 59.1 Å². The summed E-state index contributed by atoms with van der Waals surface area (Å²) in [4.78, 5) is 9.32. The van der Waals surface area contributed by atoms with Crippen molar-refractivity contribution in [3.8, 4) is 17.0 Å². The third kappa shape index (κ3) is 3.28. The fraction of sp³-hybridized carbons (Fsp3) is 0.304. The fourth-order valence-electron chi connectivity index (χ4n) is 4.17. The summed E-state index contributed by atoms with van der Waals surface area (Å²) in [6.45, 7) is 3.48. The van der Waals surface area contributed by atoms with Gasteiger partial charge in [0.1, 0.15) is 24.0 Å². The van der Waals surface area contributed by atoms with E-state index in [1.807, 2.05) is 13.0 Å². The van der Waals surface area contributed by atoms with Crippen molar-refractivity contribution in [3.63, 3.8) is 0 Å². The van der Waals surface area contributed by atoms with Crippen LogP contribution in [0.3, 0.4) is 0 Å². The van der Waals surface area contributed by atoms with Crippen LogP contribution in [0.1, 0.15) is 35.8 Å². The second kappa shape index (κ2) is 7.15. The maximum atomic E-state index is 5.69. The lowest BCUT2D eigenvalue weighted by Gasteiger charge is -2.27. The Hall–Kier alpha value is -3.08. The van der Waals surface area contributed by atoms with Gasteiger partial charge in [0.15, 0.2) is 0 Å². The molecule has 5 nitrogen and oxygen atoms in total. The first-order chi connectivity index (χ1) is 13.8. The van der Waals surface area contributed by atoms with Gasteiger partial charge in [-0.25, -0.2) is 9.97 Å². The molecule has 0 radical (unpaired) electrons. The summed E-state index contributed by atoms with van der Waals surface area (Å²) in [5.41, 5.74) is 5.85. The molecule has 0 saturated carbocycles. The Kier molecular flexibility index (Phi) is 4.35. The number of benzene rings is 2. The maximum Gasteiger partial charge on any atom is 0.142 e. The highest BCUT2D eigenvalue weighted by Gasteiger charge is 2.20. The molecule has 5 rings (SSSR count). The lowest BCUT2D eigenvalue weighted by molar-refractivity contribution is 0.323. The van der Waals surface area contributed by atoms with Crippen LogP contribution in [0.15, 0.2) is 48.5 Å². The molecule has 1 aliphatic heterocycles. The molecule has 1 aromatic heterocycles. The number of hydrogen-bond donors (Lipinski definition) is 2. The smallest absolute Gasteiger partial charge is 0.142 e. The average molecular weight is 372 g/mol. The van der Waals surface area contributed by atoms with Gasteiger partial charge in [-0.3, -0.25) is 0 Å². The molecule has 2 aromatic carbocycles. The maximum absolute atomic E-state index is 5.69. The van der Waals surface area contributed by atoms with E-state index in [-0.39, 0.29) is 0 Å². The zero-order valence-electron chi connectivity index (χ0n) is 16.0. The summed E-state index contributed by atoms with van der Waals surface area (Å²) >= 11 is 0. The molecule has 142 valence electrons. The minimum absolute atomic E-state index is 0.297. The van der Waals surface area contributed by atoms with Crippen LogP contribution in [0.2, 0.25) is 0 Å².